The van der Waals surface area contributed by atoms with Gasteiger partial charge >= 0.3 is 0 Å². The lowest BCUT2D eigenvalue weighted by Gasteiger charge is -2.18. The molecule has 0 spiro atoms. The van der Waals surface area contributed by atoms with Crippen LogP contribution in [0.25, 0.3) is 0 Å². The van der Waals surface area contributed by atoms with Gasteiger partial charge in [0.25, 0.3) is 0 Å². The smallest absolute Gasteiger partial charge is 0.137 e. The van der Waals surface area contributed by atoms with Gasteiger partial charge in [-0.1, -0.05) is 5.16 Å². The Bertz CT molecular complexity index is 739. The van der Waals surface area contributed by atoms with E-state index in [9.17, 15) is 5.11 Å². The van der Waals surface area contributed by atoms with Crippen molar-refractivity contribution < 1.29 is 9.63 Å². The molecular weight excluding hydrogens is 292 g/mol. The van der Waals surface area contributed by atoms with Gasteiger partial charge in [-0.3, -0.25) is 0 Å². The fourth-order valence-electron chi connectivity index (χ4n) is 3.15. The van der Waals surface area contributed by atoms with Crippen molar-refractivity contribution in [3.8, 4) is 6.07 Å². The number of rotatable bonds is 3. The molecule has 0 amide bonds. The molecule has 23 heavy (non-hydrogen) atoms. The zero-order chi connectivity index (χ0) is 16.6. The predicted octanol–water partition coefficient (Wildman–Crippen LogP) is 1.91. The van der Waals surface area contributed by atoms with E-state index in [4.69, 9.17) is 9.78 Å². The summed E-state index contributed by atoms with van der Waals surface area (Å²) in [5.74, 6) is 1.70. The molecule has 6 nitrogen and oxygen atoms in total. The first-order chi connectivity index (χ1) is 11.0. The van der Waals surface area contributed by atoms with Crippen LogP contribution < -0.4 is 4.90 Å². The van der Waals surface area contributed by atoms with E-state index >= 15 is 0 Å². The Labute approximate surface area is 135 Å². The van der Waals surface area contributed by atoms with Gasteiger partial charge in [-0.25, -0.2) is 4.98 Å². The molecule has 1 fully saturated rings. The van der Waals surface area contributed by atoms with Gasteiger partial charge in [0.15, 0.2) is 0 Å². The molecule has 0 radical (unpaired) electrons. The number of aromatic nitrogens is 2. The Kier molecular flexibility index (Phi) is 4.05. The second-order valence-corrected chi connectivity index (χ2v) is 6.24. The summed E-state index contributed by atoms with van der Waals surface area (Å²) in [5, 5.41) is 23.4. The van der Waals surface area contributed by atoms with Crippen LogP contribution in [-0.2, 0) is 6.42 Å². The SMILES string of the molecule is Cc1cc(C[C@@H]2CN(c3cc(C)c(C#N)c(C)n3)C[C@H]2O)on1. The maximum Gasteiger partial charge on any atom is 0.137 e. The number of pyridine rings is 1. The summed E-state index contributed by atoms with van der Waals surface area (Å²) in [6, 6.07) is 6.01. The van der Waals surface area contributed by atoms with E-state index in [0.717, 1.165) is 28.5 Å². The van der Waals surface area contributed by atoms with Crippen molar-refractivity contribution in [2.24, 2.45) is 5.92 Å². The standard InChI is InChI=1S/C17H20N4O2/c1-10-4-17(19-12(3)15(10)7-18)21-8-13(16(22)9-21)6-14-5-11(2)20-23-14/h4-5,13,16,22H,6,8-9H2,1-3H3/t13-,16-/m1/s1. The van der Waals surface area contributed by atoms with Crippen molar-refractivity contribution in [3.63, 3.8) is 0 Å². The predicted molar refractivity (Wildman–Crippen MR) is 85.1 cm³/mol. The lowest BCUT2D eigenvalue weighted by molar-refractivity contribution is 0.143. The molecular formula is C17H20N4O2. The number of aliphatic hydroxyl groups is 1. The number of nitrogens with zero attached hydrogens (tertiary/aromatic N) is 4. The maximum absolute atomic E-state index is 10.3. The third-order valence-corrected chi connectivity index (χ3v) is 4.37. The molecule has 6 heteroatoms. The second kappa shape index (κ2) is 6.01. The summed E-state index contributed by atoms with van der Waals surface area (Å²) >= 11 is 0. The molecule has 2 aromatic heterocycles. The second-order valence-electron chi connectivity index (χ2n) is 6.24. The minimum Gasteiger partial charge on any atom is -0.391 e. The van der Waals surface area contributed by atoms with Crippen LogP contribution in [-0.4, -0.2) is 34.4 Å². The van der Waals surface area contributed by atoms with Crippen LogP contribution in [0.4, 0.5) is 5.82 Å². The average molecular weight is 312 g/mol. The largest absolute Gasteiger partial charge is 0.391 e. The van der Waals surface area contributed by atoms with E-state index in [1.165, 1.54) is 0 Å². The first kappa shape index (κ1) is 15.5. The topological polar surface area (TPSA) is 86.2 Å². The maximum atomic E-state index is 10.3. The van der Waals surface area contributed by atoms with Gasteiger partial charge in [-0.2, -0.15) is 5.26 Å². The number of aliphatic hydroxyl groups excluding tert-OH is 1. The van der Waals surface area contributed by atoms with Crippen LogP contribution in [0.1, 0.15) is 28.3 Å². The van der Waals surface area contributed by atoms with E-state index in [0.29, 0.717) is 25.1 Å². The van der Waals surface area contributed by atoms with E-state index in [1.807, 2.05) is 32.9 Å². The minimum absolute atomic E-state index is 0.0837. The highest BCUT2D eigenvalue weighted by atomic mass is 16.5. The van der Waals surface area contributed by atoms with E-state index < -0.39 is 6.10 Å². The van der Waals surface area contributed by atoms with Crippen molar-refractivity contribution in [1.29, 1.82) is 5.26 Å². The zero-order valence-electron chi connectivity index (χ0n) is 13.6. The number of aryl methyl sites for hydroxylation is 3. The number of nitriles is 1. The van der Waals surface area contributed by atoms with Gasteiger partial charge < -0.3 is 14.5 Å². The molecule has 1 N–H and O–H groups in total. The normalized spacial score (nSPS) is 20.7. The minimum atomic E-state index is -0.432. The molecule has 3 rings (SSSR count). The van der Waals surface area contributed by atoms with Crippen LogP contribution in [0.3, 0.4) is 0 Å². The van der Waals surface area contributed by atoms with Gasteiger partial charge in [0.2, 0.25) is 0 Å². The van der Waals surface area contributed by atoms with Gasteiger partial charge in [0, 0.05) is 31.5 Å². The Hall–Kier alpha value is -2.39. The van der Waals surface area contributed by atoms with Crippen molar-refractivity contribution in [3.05, 3.63) is 40.4 Å². The first-order valence-electron chi connectivity index (χ1n) is 7.71. The molecule has 2 aromatic rings. The number of hydrogen-bond acceptors (Lipinski definition) is 6. The fourth-order valence-corrected chi connectivity index (χ4v) is 3.15. The van der Waals surface area contributed by atoms with Gasteiger partial charge in [-0.15, -0.1) is 0 Å². The summed E-state index contributed by atoms with van der Waals surface area (Å²) in [7, 11) is 0. The quantitative estimate of drug-likeness (QED) is 0.931. The monoisotopic (exact) mass is 312 g/mol. The van der Waals surface area contributed by atoms with Crippen LogP contribution in [0.2, 0.25) is 0 Å². The van der Waals surface area contributed by atoms with Gasteiger partial charge in [0.1, 0.15) is 17.6 Å². The summed E-state index contributed by atoms with van der Waals surface area (Å²) in [6.07, 6.45) is 0.227. The highest BCUT2D eigenvalue weighted by Crippen LogP contribution is 2.27. The number of hydrogen-bond donors (Lipinski definition) is 1. The summed E-state index contributed by atoms with van der Waals surface area (Å²) < 4.78 is 5.25. The summed E-state index contributed by atoms with van der Waals surface area (Å²) in [6.45, 7) is 6.89. The lowest BCUT2D eigenvalue weighted by atomic mass is 10.0. The van der Waals surface area contributed by atoms with E-state index in [2.05, 4.69) is 21.1 Å². The van der Waals surface area contributed by atoms with Crippen LogP contribution in [0.5, 0.6) is 0 Å². The highest BCUT2D eigenvalue weighted by molar-refractivity contribution is 5.51. The van der Waals surface area contributed by atoms with Crippen LogP contribution >= 0.6 is 0 Å². The van der Waals surface area contributed by atoms with Gasteiger partial charge in [-0.05, 0) is 32.4 Å². The van der Waals surface area contributed by atoms with Crippen molar-refractivity contribution in [2.45, 2.75) is 33.3 Å². The zero-order valence-corrected chi connectivity index (χ0v) is 13.6. The number of β-amino-alcohol motifs (C(OH)–C–C–N with tert-alkyl or cyclic N) is 1. The summed E-state index contributed by atoms with van der Waals surface area (Å²) in [4.78, 5) is 6.59. The van der Waals surface area contributed by atoms with Crippen molar-refractivity contribution in [1.82, 2.24) is 10.1 Å². The first-order valence-corrected chi connectivity index (χ1v) is 7.71. The Morgan fingerprint density at radius 1 is 1.35 bits per heavy atom. The molecule has 3 heterocycles. The molecule has 0 aliphatic carbocycles. The molecule has 1 aliphatic heterocycles. The van der Waals surface area contributed by atoms with Crippen molar-refractivity contribution >= 4 is 5.82 Å². The Morgan fingerprint density at radius 2 is 2.13 bits per heavy atom. The van der Waals surface area contributed by atoms with E-state index in [-0.39, 0.29) is 5.92 Å². The molecule has 2 atom stereocenters. The Balaban J connectivity index is 1.77. The fraction of sp³-hybridized carbons (Fsp3) is 0.471. The third-order valence-electron chi connectivity index (χ3n) is 4.37. The molecule has 0 unspecified atom stereocenters. The van der Waals surface area contributed by atoms with Crippen LogP contribution in [0.15, 0.2) is 16.7 Å². The average Bonchev–Trinajstić information content (AvgIpc) is 3.06. The highest BCUT2D eigenvalue weighted by Gasteiger charge is 2.33. The molecule has 120 valence electrons. The summed E-state index contributed by atoms with van der Waals surface area (Å²) in [5.41, 5.74) is 3.12. The number of anilines is 1. The molecule has 1 saturated heterocycles. The van der Waals surface area contributed by atoms with Gasteiger partial charge in [0.05, 0.1) is 23.1 Å². The molecule has 0 bridgehead atoms. The van der Waals surface area contributed by atoms with E-state index in [1.54, 1.807) is 0 Å². The van der Waals surface area contributed by atoms with Crippen LogP contribution in [0, 0.1) is 38.0 Å². The molecule has 1 aliphatic rings. The Morgan fingerprint density at radius 3 is 2.74 bits per heavy atom. The lowest BCUT2D eigenvalue weighted by Crippen LogP contribution is -2.22. The molecule has 0 saturated carbocycles. The van der Waals surface area contributed by atoms with Crippen molar-refractivity contribution in [2.75, 3.05) is 18.0 Å². The third kappa shape index (κ3) is 3.06. The molecule has 0 aromatic carbocycles.